The summed E-state index contributed by atoms with van der Waals surface area (Å²) in [7, 11) is 0. The number of hydrogen-bond donors (Lipinski definition) is 0. The highest BCUT2D eigenvalue weighted by Gasteiger charge is 2.22. The highest BCUT2D eigenvalue weighted by atomic mass is 15.0. The minimum Gasteiger partial charge on any atom is -0.307 e. The zero-order chi connectivity index (χ0) is 35.6. The summed E-state index contributed by atoms with van der Waals surface area (Å²) in [5.74, 6) is 0. The number of hydrogen-bond acceptors (Lipinski definition) is 0. The average Bonchev–Trinajstić information content (AvgIpc) is 3.78. The Bertz CT molecular complexity index is 3110. The summed E-state index contributed by atoms with van der Waals surface area (Å²) in [4.78, 5) is 0. The van der Waals surface area contributed by atoms with Crippen LogP contribution in [0.15, 0.2) is 206 Å². The molecule has 11 rings (SSSR count). The number of fused-ring (bicyclic) bond motifs is 9. The summed E-state index contributed by atoms with van der Waals surface area (Å²) >= 11 is 0. The fourth-order valence-corrected chi connectivity index (χ4v) is 8.62. The van der Waals surface area contributed by atoms with Crippen molar-refractivity contribution in [3.63, 3.8) is 0 Å². The van der Waals surface area contributed by atoms with Crippen molar-refractivity contribution in [3.8, 4) is 44.8 Å². The Balaban J connectivity index is 1.19. The molecule has 9 aromatic carbocycles. The van der Waals surface area contributed by atoms with Gasteiger partial charge in [0.2, 0.25) is 0 Å². The maximum absolute atomic E-state index is 2.50. The second kappa shape index (κ2) is 12.2. The molecular weight excluding hydrogens is 653 g/mol. The van der Waals surface area contributed by atoms with Crippen LogP contribution in [0.4, 0.5) is 0 Å². The molecule has 11 aromatic rings. The normalized spacial score (nSPS) is 11.7. The Morgan fingerprint density at radius 3 is 1.41 bits per heavy atom. The SMILES string of the molecule is c1ccc(-c2cc(-c3ccccc3)cc(-c3ccc(-n4c5ccc6ccccc6c5c5ccc6c7ccccc7n(-c7ccccc7)c6c54)cc3)c2)cc1. The van der Waals surface area contributed by atoms with E-state index in [1.165, 1.54) is 87.8 Å². The third-order valence-electron chi connectivity index (χ3n) is 11.1. The molecule has 2 aromatic heterocycles. The van der Waals surface area contributed by atoms with Crippen LogP contribution >= 0.6 is 0 Å². The molecule has 252 valence electrons. The average molecular weight is 687 g/mol. The van der Waals surface area contributed by atoms with Gasteiger partial charge in [0, 0.05) is 32.9 Å². The van der Waals surface area contributed by atoms with Gasteiger partial charge in [-0.2, -0.15) is 0 Å². The van der Waals surface area contributed by atoms with E-state index < -0.39 is 0 Å². The zero-order valence-corrected chi connectivity index (χ0v) is 29.5. The van der Waals surface area contributed by atoms with Gasteiger partial charge in [-0.15, -0.1) is 0 Å². The Morgan fingerprint density at radius 2 is 0.741 bits per heavy atom. The van der Waals surface area contributed by atoms with Gasteiger partial charge < -0.3 is 9.13 Å². The molecule has 0 N–H and O–H groups in total. The third-order valence-corrected chi connectivity index (χ3v) is 11.1. The topological polar surface area (TPSA) is 9.86 Å². The Morgan fingerprint density at radius 1 is 0.259 bits per heavy atom. The minimum absolute atomic E-state index is 1.13. The molecule has 0 bridgehead atoms. The maximum atomic E-state index is 2.50. The summed E-state index contributed by atoms with van der Waals surface area (Å²) in [6.07, 6.45) is 0. The van der Waals surface area contributed by atoms with Gasteiger partial charge >= 0.3 is 0 Å². The molecule has 0 aliphatic heterocycles. The lowest BCUT2D eigenvalue weighted by Gasteiger charge is -2.14. The van der Waals surface area contributed by atoms with Gasteiger partial charge in [-0.3, -0.25) is 0 Å². The van der Waals surface area contributed by atoms with E-state index in [-0.39, 0.29) is 0 Å². The highest BCUT2D eigenvalue weighted by Crippen LogP contribution is 2.44. The van der Waals surface area contributed by atoms with Gasteiger partial charge in [0.15, 0.2) is 0 Å². The summed E-state index contributed by atoms with van der Waals surface area (Å²) < 4.78 is 4.95. The van der Waals surface area contributed by atoms with Gasteiger partial charge in [0.1, 0.15) is 0 Å². The molecule has 0 aliphatic rings. The highest BCUT2D eigenvalue weighted by molar-refractivity contribution is 6.28. The van der Waals surface area contributed by atoms with Crippen molar-refractivity contribution in [2.75, 3.05) is 0 Å². The van der Waals surface area contributed by atoms with E-state index in [9.17, 15) is 0 Å². The fraction of sp³-hybridized carbons (Fsp3) is 0. The fourth-order valence-electron chi connectivity index (χ4n) is 8.62. The molecular formula is C52H34N2. The van der Waals surface area contributed by atoms with Gasteiger partial charge in [-0.05, 0) is 98.8 Å². The number of benzene rings is 9. The van der Waals surface area contributed by atoms with Crippen LogP contribution < -0.4 is 0 Å². The first-order chi connectivity index (χ1) is 26.8. The van der Waals surface area contributed by atoms with Crippen LogP contribution in [0.2, 0.25) is 0 Å². The van der Waals surface area contributed by atoms with Gasteiger partial charge in [0.25, 0.3) is 0 Å². The largest absolute Gasteiger partial charge is 0.307 e. The zero-order valence-electron chi connectivity index (χ0n) is 29.5. The van der Waals surface area contributed by atoms with Crippen LogP contribution in [0.1, 0.15) is 0 Å². The predicted molar refractivity (Wildman–Crippen MR) is 229 cm³/mol. The van der Waals surface area contributed by atoms with E-state index in [2.05, 4.69) is 215 Å². The molecule has 0 saturated heterocycles. The quantitative estimate of drug-likeness (QED) is 0.171. The van der Waals surface area contributed by atoms with Gasteiger partial charge in [-0.1, -0.05) is 152 Å². The van der Waals surface area contributed by atoms with Crippen molar-refractivity contribution in [1.29, 1.82) is 0 Å². The third kappa shape index (κ3) is 4.74. The van der Waals surface area contributed by atoms with E-state index in [1.54, 1.807) is 0 Å². The van der Waals surface area contributed by atoms with Crippen LogP contribution in [0.5, 0.6) is 0 Å². The van der Waals surface area contributed by atoms with Gasteiger partial charge in [0.05, 0.1) is 22.1 Å². The van der Waals surface area contributed by atoms with Gasteiger partial charge in [-0.25, -0.2) is 0 Å². The summed E-state index contributed by atoms with van der Waals surface area (Å²) in [5, 5.41) is 7.54. The Kier molecular flexibility index (Phi) is 6.90. The van der Waals surface area contributed by atoms with E-state index >= 15 is 0 Å². The molecule has 0 radical (unpaired) electrons. The summed E-state index contributed by atoms with van der Waals surface area (Å²) in [5.41, 5.74) is 14.3. The Hall–Kier alpha value is -7.16. The number of para-hydroxylation sites is 2. The molecule has 0 aliphatic carbocycles. The Labute approximate surface area is 313 Å². The van der Waals surface area contributed by atoms with Crippen molar-refractivity contribution >= 4 is 54.4 Å². The number of rotatable bonds is 5. The van der Waals surface area contributed by atoms with E-state index in [4.69, 9.17) is 0 Å². The monoisotopic (exact) mass is 686 g/mol. The molecule has 2 heteroatoms. The van der Waals surface area contributed by atoms with Crippen molar-refractivity contribution in [2.45, 2.75) is 0 Å². The number of nitrogens with zero attached hydrogens (tertiary/aromatic N) is 2. The van der Waals surface area contributed by atoms with Crippen LogP contribution in [0.25, 0.3) is 99.1 Å². The molecule has 2 heterocycles. The first kappa shape index (κ1) is 30.5. The van der Waals surface area contributed by atoms with E-state index in [0.29, 0.717) is 0 Å². The molecule has 0 amide bonds. The maximum Gasteiger partial charge on any atom is 0.0789 e. The van der Waals surface area contributed by atoms with Crippen molar-refractivity contribution in [3.05, 3.63) is 206 Å². The second-order valence-corrected chi connectivity index (χ2v) is 14.1. The van der Waals surface area contributed by atoms with Crippen LogP contribution in [-0.4, -0.2) is 9.13 Å². The molecule has 0 atom stereocenters. The summed E-state index contributed by atoms with van der Waals surface area (Å²) in [6.45, 7) is 0. The lowest BCUT2D eigenvalue weighted by atomic mass is 9.93. The smallest absolute Gasteiger partial charge is 0.0789 e. The number of aromatic nitrogens is 2. The molecule has 2 nitrogen and oxygen atoms in total. The molecule has 54 heavy (non-hydrogen) atoms. The lowest BCUT2D eigenvalue weighted by molar-refractivity contribution is 1.15. The lowest BCUT2D eigenvalue weighted by Crippen LogP contribution is -1.98. The predicted octanol–water partition coefficient (Wildman–Crippen LogP) is 14.0. The van der Waals surface area contributed by atoms with Crippen molar-refractivity contribution in [1.82, 2.24) is 9.13 Å². The van der Waals surface area contributed by atoms with Crippen molar-refractivity contribution < 1.29 is 0 Å². The molecule has 0 unspecified atom stereocenters. The van der Waals surface area contributed by atoms with Crippen LogP contribution in [0.3, 0.4) is 0 Å². The first-order valence-corrected chi connectivity index (χ1v) is 18.6. The van der Waals surface area contributed by atoms with E-state index in [0.717, 1.165) is 11.4 Å². The summed E-state index contributed by atoms with van der Waals surface area (Å²) in [6, 6.07) is 75.2. The molecule has 0 spiro atoms. The van der Waals surface area contributed by atoms with Crippen LogP contribution in [0, 0.1) is 0 Å². The van der Waals surface area contributed by atoms with E-state index in [1.807, 2.05) is 0 Å². The van der Waals surface area contributed by atoms with Crippen molar-refractivity contribution in [2.24, 2.45) is 0 Å². The minimum atomic E-state index is 1.13. The molecule has 0 fully saturated rings. The standard InChI is InChI=1S/C52H34N2/c1-4-14-35(15-5-1)39-32-40(36-16-6-2-7-17-36)34-41(33-39)37-24-27-43(28-25-37)54-49-31-26-38-18-10-11-21-44(38)50(49)47-30-29-46-45-22-12-13-23-48(45)53(51(46)52(47)54)42-19-8-3-9-20-42/h1-34H. The first-order valence-electron chi connectivity index (χ1n) is 18.6. The van der Waals surface area contributed by atoms with Crippen LogP contribution in [-0.2, 0) is 0 Å². The second-order valence-electron chi connectivity index (χ2n) is 14.1. The molecule has 0 saturated carbocycles.